The van der Waals surface area contributed by atoms with Crippen molar-refractivity contribution in [2.24, 2.45) is 11.8 Å². The Balaban J connectivity index is 1.79. The summed E-state index contributed by atoms with van der Waals surface area (Å²) in [6.45, 7) is 16.0. The molecule has 24 heavy (non-hydrogen) atoms. The molecule has 0 amide bonds. The first-order valence-corrected chi connectivity index (χ1v) is 10.1. The second kappa shape index (κ2) is 10.2. The van der Waals surface area contributed by atoms with Crippen LogP contribution in [0.25, 0.3) is 0 Å². The third-order valence-corrected chi connectivity index (χ3v) is 5.20. The van der Waals surface area contributed by atoms with Crippen molar-refractivity contribution in [1.82, 2.24) is 10.2 Å². The van der Waals surface area contributed by atoms with Crippen molar-refractivity contribution in [3.63, 3.8) is 0 Å². The molecule has 1 fully saturated rings. The van der Waals surface area contributed by atoms with E-state index >= 15 is 0 Å². The second-order valence-corrected chi connectivity index (χ2v) is 7.86. The van der Waals surface area contributed by atoms with Gasteiger partial charge in [0.1, 0.15) is 5.76 Å². The van der Waals surface area contributed by atoms with Crippen molar-refractivity contribution in [1.29, 1.82) is 0 Å². The molecule has 0 aromatic carbocycles. The Morgan fingerprint density at radius 1 is 1.08 bits per heavy atom. The van der Waals surface area contributed by atoms with Gasteiger partial charge in [0.05, 0.1) is 6.61 Å². The molecule has 1 heterocycles. The number of hydrogen-bond donors (Lipinski definition) is 1. The highest BCUT2D eigenvalue weighted by Gasteiger charge is 2.21. The highest BCUT2D eigenvalue weighted by Crippen LogP contribution is 2.34. The van der Waals surface area contributed by atoms with Crippen LogP contribution >= 0.6 is 0 Å². The summed E-state index contributed by atoms with van der Waals surface area (Å²) in [5.41, 5.74) is 2.96. The molecule has 1 aliphatic heterocycles. The number of nitrogens with one attached hydrogen (secondary N) is 1. The molecule has 0 unspecified atom stereocenters. The van der Waals surface area contributed by atoms with E-state index in [1.807, 2.05) is 0 Å². The molecular weight excluding hydrogens is 296 g/mol. The molecular formula is C21H38N2O. The van der Waals surface area contributed by atoms with Gasteiger partial charge >= 0.3 is 0 Å². The van der Waals surface area contributed by atoms with Crippen LogP contribution in [0.3, 0.4) is 0 Å². The van der Waals surface area contributed by atoms with E-state index in [-0.39, 0.29) is 0 Å². The summed E-state index contributed by atoms with van der Waals surface area (Å²) in [5, 5.41) is 3.47. The highest BCUT2D eigenvalue weighted by atomic mass is 16.5. The van der Waals surface area contributed by atoms with Gasteiger partial charge < -0.3 is 15.0 Å². The van der Waals surface area contributed by atoms with Crippen LogP contribution in [0.4, 0.5) is 0 Å². The monoisotopic (exact) mass is 334 g/mol. The molecule has 0 bridgehead atoms. The van der Waals surface area contributed by atoms with Crippen molar-refractivity contribution in [2.75, 3.05) is 39.3 Å². The molecule has 0 spiro atoms. The third kappa shape index (κ3) is 5.93. The average Bonchev–Trinajstić information content (AvgIpc) is 2.83. The number of unbranched alkanes of at least 4 members (excludes halogenated alkanes) is 1. The van der Waals surface area contributed by atoms with Gasteiger partial charge in [0.25, 0.3) is 0 Å². The number of nitrogens with zero attached hydrogens (tertiary/aromatic N) is 1. The van der Waals surface area contributed by atoms with Gasteiger partial charge in [-0.15, -0.1) is 0 Å². The fourth-order valence-corrected chi connectivity index (χ4v) is 3.74. The third-order valence-electron chi connectivity index (χ3n) is 5.20. The molecule has 138 valence electrons. The predicted octanol–water partition coefficient (Wildman–Crippen LogP) is 4.36. The molecule has 0 radical (unpaired) electrons. The van der Waals surface area contributed by atoms with E-state index in [0.29, 0.717) is 11.8 Å². The second-order valence-electron chi connectivity index (χ2n) is 7.86. The molecule has 1 N–H and O–H groups in total. The summed E-state index contributed by atoms with van der Waals surface area (Å²) in [5.74, 6) is 2.37. The van der Waals surface area contributed by atoms with Gasteiger partial charge in [-0.3, -0.25) is 0 Å². The minimum atomic E-state index is 0.554. The largest absolute Gasteiger partial charge is 0.493 e. The number of ether oxygens (including phenoxy) is 1. The lowest BCUT2D eigenvalue weighted by molar-refractivity contribution is 0.192. The first-order chi connectivity index (χ1) is 11.6. The zero-order chi connectivity index (χ0) is 17.4. The van der Waals surface area contributed by atoms with Gasteiger partial charge in [-0.2, -0.15) is 0 Å². The van der Waals surface area contributed by atoms with Crippen molar-refractivity contribution < 1.29 is 4.74 Å². The summed E-state index contributed by atoms with van der Waals surface area (Å²) >= 11 is 0. The van der Waals surface area contributed by atoms with E-state index in [0.717, 1.165) is 19.6 Å². The molecule has 1 saturated heterocycles. The van der Waals surface area contributed by atoms with Crippen LogP contribution in [0.2, 0.25) is 0 Å². The van der Waals surface area contributed by atoms with Crippen LogP contribution in [0.5, 0.6) is 0 Å². The van der Waals surface area contributed by atoms with E-state index in [2.05, 4.69) is 44.0 Å². The fraction of sp³-hybridized carbons (Fsp3) is 0.810. The maximum Gasteiger partial charge on any atom is 0.121 e. The molecule has 2 aliphatic rings. The molecule has 0 aromatic rings. The van der Waals surface area contributed by atoms with Gasteiger partial charge in [0.15, 0.2) is 0 Å². The summed E-state index contributed by atoms with van der Waals surface area (Å²) in [7, 11) is 0. The smallest absolute Gasteiger partial charge is 0.121 e. The molecule has 1 aliphatic carbocycles. The van der Waals surface area contributed by atoms with Crippen LogP contribution < -0.4 is 5.32 Å². The van der Waals surface area contributed by atoms with Crippen molar-refractivity contribution in [3.8, 4) is 0 Å². The Kier molecular flexibility index (Phi) is 8.34. The number of hydrogen-bond acceptors (Lipinski definition) is 3. The van der Waals surface area contributed by atoms with Gasteiger partial charge in [0.2, 0.25) is 0 Å². The lowest BCUT2D eigenvalue weighted by atomic mass is 9.86. The number of allylic oxidation sites excluding steroid dienone is 3. The van der Waals surface area contributed by atoms with E-state index in [4.69, 9.17) is 4.74 Å². The van der Waals surface area contributed by atoms with Crippen molar-refractivity contribution in [2.45, 2.75) is 59.8 Å². The predicted molar refractivity (Wildman–Crippen MR) is 103 cm³/mol. The molecule has 0 saturated carbocycles. The molecule has 0 aromatic heterocycles. The van der Waals surface area contributed by atoms with Gasteiger partial charge in [-0.25, -0.2) is 0 Å². The topological polar surface area (TPSA) is 24.5 Å². The van der Waals surface area contributed by atoms with E-state index in [1.54, 1.807) is 0 Å². The van der Waals surface area contributed by atoms with Crippen LogP contribution in [0.15, 0.2) is 23.0 Å². The average molecular weight is 335 g/mol. The Bertz CT molecular complexity index is 429. The first-order valence-electron chi connectivity index (χ1n) is 10.1. The Morgan fingerprint density at radius 2 is 1.92 bits per heavy atom. The Hall–Kier alpha value is -0.800. The number of rotatable bonds is 8. The lowest BCUT2D eigenvalue weighted by Crippen LogP contribution is -2.29. The zero-order valence-electron chi connectivity index (χ0n) is 16.4. The van der Waals surface area contributed by atoms with E-state index < -0.39 is 0 Å². The Morgan fingerprint density at radius 3 is 2.67 bits per heavy atom. The van der Waals surface area contributed by atoms with Gasteiger partial charge in [0, 0.05) is 13.1 Å². The lowest BCUT2D eigenvalue weighted by Gasteiger charge is -2.27. The van der Waals surface area contributed by atoms with Gasteiger partial charge in [-0.05, 0) is 74.7 Å². The quantitative estimate of drug-likeness (QED) is 0.667. The first kappa shape index (κ1) is 19.5. The highest BCUT2D eigenvalue weighted by molar-refractivity contribution is 5.36. The van der Waals surface area contributed by atoms with Crippen LogP contribution in [-0.2, 0) is 4.74 Å². The minimum absolute atomic E-state index is 0.554. The maximum absolute atomic E-state index is 6.33. The van der Waals surface area contributed by atoms with Crippen LogP contribution in [0, 0.1) is 11.8 Å². The summed E-state index contributed by atoms with van der Waals surface area (Å²) in [4.78, 5) is 2.60. The molecule has 0 atom stereocenters. The fourth-order valence-electron chi connectivity index (χ4n) is 3.74. The minimum Gasteiger partial charge on any atom is -0.493 e. The van der Waals surface area contributed by atoms with Crippen molar-refractivity contribution >= 4 is 0 Å². The molecule has 2 rings (SSSR count). The van der Waals surface area contributed by atoms with Crippen LogP contribution in [0.1, 0.15) is 59.8 Å². The summed E-state index contributed by atoms with van der Waals surface area (Å²) < 4.78 is 6.33. The molecule has 3 heteroatoms. The van der Waals surface area contributed by atoms with Gasteiger partial charge in [-0.1, -0.05) is 33.8 Å². The SMILES string of the molecule is CC(C)C1=CCCC(C(C)C)=C1OCCCCN1CCCNCC1. The standard InChI is InChI=1S/C21H38N2O/c1-17(2)19-9-7-10-20(18(3)4)21(19)24-16-6-5-13-23-14-8-11-22-12-15-23/h9,17-18,22H,5-8,10-16H2,1-4H3. The molecule has 3 nitrogen and oxygen atoms in total. The summed E-state index contributed by atoms with van der Waals surface area (Å²) in [6, 6.07) is 0. The Labute approximate surface area is 149 Å². The van der Waals surface area contributed by atoms with Crippen LogP contribution in [-0.4, -0.2) is 44.2 Å². The maximum atomic E-state index is 6.33. The summed E-state index contributed by atoms with van der Waals surface area (Å²) in [6.07, 6.45) is 8.43. The van der Waals surface area contributed by atoms with Crippen molar-refractivity contribution in [3.05, 3.63) is 23.0 Å². The normalized spacial score (nSPS) is 20.5. The zero-order valence-corrected chi connectivity index (χ0v) is 16.4. The van der Waals surface area contributed by atoms with E-state index in [1.165, 1.54) is 68.8 Å². The van der Waals surface area contributed by atoms with E-state index in [9.17, 15) is 0 Å².